The average molecular weight is 235 g/mol. The number of methoxy groups -OCH3 is 1. The first-order valence-corrected chi connectivity index (χ1v) is 5.89. The summed E-state index contributed by atoms with van der Waals surface area (Å²) in [6, 6.07) is 8.05. The zero-order valence-corrected chi connectivity index (χ0v) is 10.4. The fourth-order valence-corrected chi connectivity index (χ4v) is 1.43. The molecular formula is C14H21NO2. The minimum absolute atomic E-state index is 0.734. The van der Waals surface area contributed by atoms with Crippen LogP contribution in [0.4, 0.5) is 0 Å². The van der Waals surface area contributed by atoms with Crippen molar-refractivity contribution in [2.75, 3.05) is 26.9 Å². The van der Waals surface area contributed by atoms with Gasteiger partial charge >= 0.3 is 0 Å². The molecule has 0 aliphatic heterocycles. The van der Waals surface area contributed by atoms with Gasteiger partial charge in [0.1, 0.15) is 5.75 Å². The van der Waals surface area contributed by atoms with E-state index >= 15 is 0 Å². The highest BCUT2D eigenvalue weighted by atomic mass is 16.5. The van der Waals surface area contributed by atoms with Gasteiger partial charge in [0.05, 0.1) is 20.3 Å². The van der Waals surface area contributed by atoms with Gasteiger partial charge in [0.2, 0.25) is 0 Å². The predicted molar refractivity (Wildman–Crippen MR) is 70.3 cm³/mol. The number of nitrogens with one attached hydrogen (secondary N) is 1. The molecule has 0 spiro atoms. The van der Waals surface area contributed by atoms with Crippen LogP contribution in [0.15, 0.2) is 36.9 Å². The smallest absolute Gasteiger partial charge is 0.119 e. The summed E-state index contributed by atoms with van der Waals surface area (Å²) in [6.45, 7) is 6.82. The fourth-order valence-electron chi connectivity index (χ4n) is 1.43. The number of ether oxygens (including phenoxy) is 2. The third-order valence-electron chi connectivity index (χ3n) is 2.35. The van der Waals surface area contributed by atoms with Gasteiger partial charge < -0.3 is 14.8 Å². The Balaban J connectivity index is 2.11. The minimum Gasteiger partial charge on any atom is -0.497 e. The largest absolute Gasteiger partial charge is 0.497 e. The molecule has 1 N–H and O–H groups in total. The fraction of sp³-hybridized carbons (Fsp3) is 0.429. The maximum atomic E-state index is 5.40. The zero-order valence-electron chi connectivity index (χ0n) is 10.4. The van der Waals surface area contributed by atoms with Gasteiger partial charge in [-0.25, -0.2) is 0 Å². The molecule has 3 heteroatoms. The van der Waals surface area contributed by atoms with Crippen LogP contribution in [-0.2, 0) is 11.3 Å². The van der Waals surface area contributed by atoms with Crippen LogP contribution in [0.3, 0.4) is 0 Å². The lowest BCUT2D eigenvalue weighted by atomic mass is 10.2. The quantitative estimate of drug-likeness (QED) is 0.526. The lowest BCUT2D eigenvalue weighted by Gasteiger charge is -2.07. The molecule has 17 heavy (non-hydrogen) atoms. The highest BCUT2D eigenvalue weighted by molar-refractivity contribution is 5.28. The van der Waals surface area contributed by atoms with Crippen LogP contribution in [0, 0.1) is 0 Å². The molecule has 0 heterocycles. The van der Waals surface area contributed by atoms with Gasteiger partial charge in [0.25, 0.3) is 0 Å². The minimum atomic E-state index is 0.734. The first-order valence-electron chi connectivity index (χ1n) is 5.89. The van der Waals surface area contributed by atoms with E-state index in [1.807, 2.05) is 24.3 Å². The van der Waals surface area contributed by atoms with E-state index in [1.165, 1.54) is 5.56 Å². The Morgan fingerprint density at radius 1 is 1.35 bits per heavy atom. The molecule has 0 radical (unpaired) electrons. The van der Waals surface area contributed by atoms with Crippen LogP contribution in [0.1, 0.15) is 12.0 Å². The molecule has 0 atom stereocenters. The molecule has 0 bridgehead atoms. The van der Waals surface area contributed by atoms with Gasteiger partial charge in [-0.2, -0.15) is 0 Å². The number of rotatable bonds is 9. The van der Waals surface area contributed by atoms with Crippen molar-refractivity contribution in [1.29, 1.82) is 0 Å². The Bertz CT molecular complexity index is 326. The summed E-state index contributed by atoms with van der Waals surface area (Å²) in [5, 5.41) is 3.32. The molecule has 0 fully saturated rings. The molecule has 94 valence electrons. The van der Waals surface area contributed by atoms with Crippen molar-refractivity contribution in [1.82, 2.24) is 5.32 Å². The molecule has 0 saturated heterocycles. The Morgan fingerprint density at radius 3 is 3.00 bits per heavy atom. The molecule has 0 amide bonds. The molecule has 0 aliphatic rings. The second-order valence-corrected chi connectivity index (χ2v) is 3.72. The van der Waals surface area contributed by atoms with Gasteiger partial charge in [0.15, 0.2) is 0 Å². The maximum absolute atomic E-state index is 5.40. The van der Waals surface area contributed by atoms with E-state index in [1.54, 1.807) is 7.11 Å². The molecule has 0 aliphatic carbocycles. The lowest BCUT2D eigenvalue weighted by Crippen LogP contribution is -2.19. The van der Waals surface area contributed by atoms with Gasteiger partial charge in [-0.1, -0.05) is 18.2 Å². The Morgan fingerprint density at radius 2 is 2.24 bits per heavy atom. The van der Waals surface area contributed by atoms with Crippen molar-refractivity contribution in [3.05, 3.63) is 42.5 Å². The number of hydrogen-bond acceptors (Lipinski definition) is 3. The van der Waals surface area contributed by atoms with Crippen LogP contribution in [0.25, 0.3) is 0 Å². The SMILES string of the molecule is C=CCCOCCNCc1cccc(OC)c1. The van der Waals surface area contributed by atoms with E-state index in [2.05, 4.69) is 18.0 Å². The molecule has 0 saturated carbocycles. The summed E-state index contributed by atoms with van der Waals surface area (Å²) in [5.74, 6) is 0.895. The molecule has 3 nitrogen and oxygen atoms in total. The number of hydrogen-bond donors (Lipinski definition) is 1. The Hall–Kier alpha value is -1.32. The van der Waals surface area contributed by atoms with Crippen molar-refractivity contribution in [2.24, 2.45) is 0 Å². The van der Waals surface area contributed by atoms with Crippen LogP contribution in [0.2, 0.25) is 0 Å². The highest BCUT2D eigenvalue weighted by Crippen LogP contribution is 2.11. The van der Waals surface area contributed by atoms with Gasteiger partial charge in [-0.15, -0.1) is 6.58 Å². The topological polar surface area (TPSA) is 30.5 Å². The second-order valence-electron chi connectivity index (χ2n) is 3.72. The molecular weight excluding hydrogens is 214 g/mol. The predicted octanol–water partition coefficient (Wildman–Crippen LogP) is 2.38. The first-order chi connectivity index (χ1) is 8.36. The third kappa shape index (κ3) is 6.09. The first kappa shape index (κ1) is 13.7. The molecule has 1 aromatic carbocycles. The summed E-state index contributed by atoms with van der Waals surface area (Å²) in [4.78, 5) is 0. The van der Waals surface area contributed by atoms with Crippen molar-refractivity contribution in [3.8, 4) is 5.75 Å². The summed E-state index contributed by atoms with van der Waals surface area (Å²) in [7, 11) is 1.68. The van der Waals surface area contributed by atoms with E-state index in [9.17, 15) is 0 Å². The molecule has 1 rings (SSSR count). The molecule has 0 unspecified atom stereocenters. The van der Waals surface area contributed by atoms with Crippen LogP contribution in [-0.4, -0.2) is 26.9 Å². The van der Waals surface area contributed by atoms with Gasteiger partial charge in [-0.05, 0) is 24.1 Å². The third-order valence-corrected chi connectivity index (χ3v) is 2.35. The average Bonchev–Trinajstić information content (AvgIpc) is 2.38. The van der Waals surface area contributed by atoms with Crippen LogP contribution >= 0.6 is 0 Å². The summed E-state index contributed by atoms with van der Waals surface area (Å²) < 4.78 is 10.6. The zero-order chi connectivity index (χ0) is 12.3. The normalized spacial score (nSPS) is 10.2. The van der Waals surface area contributed by atoms with Gasteiger partial charge in [-0.3, -0.25) is 0 Å². The van der Waals surface area contributed by atoms with Crippen molar-refractivity contribution < 1.29 is 9.47 Å². The van der Waals surface area contributed by atoms with E-state index in [4.69, 9.17) is 9.47 Å². The summed E-state index contributed by atoms with van der Waals surface area (Å²) >= 11 is 0. The van der Waals surface area contributed by atoms with Gasteiger partial charge in [0, 0.05) is 13.1 Å². The number of benzene rings is 1. The molecule has 0 aromatic heterocycles. The standard InChI is InChI=1S/C14H21NO2/c1-3-4-9-17-10-8-15-12-13-6-5-7-14(11-13)16-2/h3,5-7,11,15H,1,4,8-10,12H2,2H3. The van der Waals surface area contributed by atoms with Crippen LogP contribution < -0.4 is 10.1 Å². The van der Waals surface area contributed by atoms with Crippen LogP contribution in [0.5, 0.6) is 5.75 Å². The monoisotopic (exact) mass is 235 g/mol. The second kappa shape index (κ2) is 8.79. The molecule has 1 aromatic rings. The summed E-state index contributed by atoms with van der Waals surface area (Å²) in [5.41, 5.74) is 1.22. The Kier molecular flexibility index (Phi) is 7.11. The van der Waals surface area contributed by atoms with Crippen molar-refractivity contribution in [2.45, 2.75) is 13.0 Å². The van der Waals surface area contributed by atoms with E-state index in [0.29, 0.717) is 0 Å². The van der Waals surface area contributed by atoms with E-state index < -0.39 is 0 Å². The maximum Gasteiger partial charge on any atom is 0.119 e. The summed E-state index contributed by atoms with van der Waals surface area (Å²) in [6.07, 6.45) is 2.78. The van der Waals surface area contributed by atoms with Crippen molar-refractivity contribution in [3.63, 3.8) is 0 Å². The lowest BCUT2D eigenvalue weighted by molar-refractivity contribution is 0.140. The van der Waals surface area contributed by atoms with E-state index in [-0.39, 0.29) is 0 Å². The highest BCUT2D eigenvalue weighted by Gasteiger charge is 1.95. The van der Waals surface area contributed by atoms with E-state index in [0.717, 1.165) is 38.5 Å². The van der Waals surface area contributed by atoms with Crippen molar-refractivity contribution >= 4 is 0 Å². The Labute approximate surface area is 103 Å².